The van der Waals surface area contributed by atoms with Gasteiger partial charge in [-0.3, -0.25) is 4.79 Å². The van der Waals surface area contributed by atoms with E-state index in [2.05, 4.69) is 15.3 Å². The fourth-order valence-corrected chi connectivity index (χ4v) is 0.796. The molecule has 5 nitrogen and oxygen atoms in total. The summed E-state index contributed by atoms with van der Waals surface area (Å²) in [6.45, 7) is 1.76. The van der Waals surface area contributed by atoms with E-state index in [9.17, 15) is 4.79 Å². The lowest BCUT2D eigenvalue weighted by Crippen LogP contribution is -2.18. The molecule has 66 valence electrons. The fraction of sp³-hybridized carbons (Fsp3) is 0.250. The van der Waals surface area contributed by atoms with Crippen molar-refractivity contribution in [1.82, 2.24) is 15.3 Å². The second-order valence-corrected chi connectivity index (χ2v) is 2.45. The minimum Gasteiger partial charge on any atom is -0.349 e. The molecule has 5 heteroatoms. The molecule has 1 atom stereocenters. The third kappa shape index (κ3) is 2.24. The lowest BCUT2D eigenvalue weighted by molar-refractivity contribution is -0.110. The van der Waals surface area contributed by atoms with E-state index in [4.69, 9.17) is 5.26 Å². The van der Waals surface area contributed by atoms with E-state index in [1.807, 2.05) is 6.07 Å². The number of hydrogen-bond donors (Lipinski definition) is 1. The molecular formula is C8H8N4O. The first-order chi connectivity index (χ1) is 6.27. The zero-order chi connectivity index (χ0) is 9.68. The van der Waals surface area contributed by atoms with Crippen LogP contribution in [0.4, 0.5) is 0 Å². The van der Waals surface area contributed by atoms with E-state index in [1.54, 1.807) is 6.92 Å². The van der Waals surface area contributed by atoms with Crippen molar-refractivity contribution < 1.29 is 4.79 Å². The normalized spacial score (nSPS) is 11.4. The van der Waals surface area contributed by atoms with Crippen molar-refractivity contribution in [3.05, 3.63) is 23.8 Å². The lowest BCUT2D eigenvalue weighted by Gasteiger charge is -2.06. The minimum atomic E-state index is -0.231. The van der Waals surface area contributed by atoms with E-state index in [-0.39, 0.29) is 6.04 Å². The van der Waals surface area contributed by atoms with Gasteiger partial charge in [0.05, 0.1) is 11.6 Å². The van der Waals surface area contributed by atoms with Crippen LogP contribution in [0.2, 0.25) is 0 Å². The monoisotopic (exact) mass is 176 g/mol. The molecule has 1 aromatic rings. The minimum absolute atomic E-state index is 0.231. The third-order valence-corrected chi connectivity index (χ3v) is 1.51. The van der Waals surface area contributed by atoms with Gasteiger partial charge in [-0.05, 0) is 6.92 Å². The van der Waals surface area contributed by atoms with E-state index >= 15 is 0 Å². The number of rotatable bonds is 3. The molecule has 0 radical (unpaired) electrons. The van der Waals surface area contributed by atoms with Gasteiger partial charge in [-0.1, -0.05) is 0 Å². The number of nitrogens with one attached hydrogen (secondary N) is 1. The maximum absolute atomic E-state index is 10.1. The molecule has 0 saturated carbocycles. The van der Waals surface area contributed by atoms with E-state index in [0.29, 0.717) is 17.8 Å². The fourth-order valence-electron chi connectivity index (χ4n) is 0.796. The summed E-state index contributed by atoms with van der Waals surface area (Å²) < 4.78 is 0. The smallest absolute Gasteiger partial charge is 0.207 e. The Morgan fingerprint density at radius 2 is 2.23 bits per heavy atom. The van der Waals surface area contributed by atoms with Crippen LogP contribution in [0.15, 0.2) is 12.4 Å². The van der Waals surface area contributed by atoms with Gasteiger partial charge in [-0.2, -0.15) is 5.26 Å². The van der Waals surface area contributed by atoms with Crippen molar-refractivity contribution in [3.8, 4) is 6.07 Å². The number of nitriles is 1. The predicted molar refractivity (Wildman–Crippen MR) is 44.4 cm³/mol. The van der Waals surface area contributed by atoms with Crippen LogP contribution >= 0.6 is 0 Å². The Morgan fingerprint density at radius 1 is 1.62 bits per heavy atom. The van der Waals surface area contributed by atoms with Crippen molar-refractivity contribution in [3.63, 3.8) is 0 Å². The number of aromatic nitrogens is 2. The Bertz CT molecular complexity index is 327. The van der Waals surface area contributed by atoms with Crippen molar-refractivity contribution in [2.45, 2.75) is 13.0 Å². The van der Waals surface area contributed by atoms with Crippen LogP contribution in [0.25, 0.3) is 0 Å². The molecule has 0 aliphatic rings. The number of hydrogen-bond acceptors (Lipinski definition) is 4. The second kappa shape index (κ2) is 4.16. The largest absolute Gasteiger partial charge is 0.349 e. The van der Waals surface area contributed by atoms with Crippen LogP contribution in [0, 0.1) is 11.3 Å². The highest BCUT2D eigenvalue weighted by atomic mass is 16.1. The van der Waals surface area contributed by atoms with E-state index in [1.165, 1.54) is 12.4 Å². The topological polar surface area (TPSA) is 78.7 Å². The van der Waals surface area contributed by atoms with Crippen LogP contribution in [-0.2, 0) is 4.79 Å². The van der Waals surface area contributed by atoms with Crippen LogP contribution < -0.4 is 5.32 Å². The summed E-state index contributed by atoms with van der Waals surface area (Å²) in [5.74, 6) is 0.492. The Kier molecular flexibility index (Phi) is 2.92. The van der Waals surface area contributed by atoms with Gasteiger partial charge in [0.25, 0.3) is 0 Å². The molecule has 0 saturated heterocycles. The van der Waals surface area contributed by atoms with E-state index in [0.717, 1.165) is 0 Å². The first-order valence-electron chi connectivity index (χ1n) is 3.69. The molecule has 0 aliphatic heterocycles. The number of carbonyl (C=O) groups excluding carboxylic acids is 1. The molecule has 0 aromatic carbocycles. The van der Waals surface area contributed by atoms with Crippen LogP contribution in [-0.4, -0.2) is 16.4 Å². The van der Waals surface area contributed by atoms with Gasteiger partial charge in [-0.25, -0.2) is 9.97 Å². The predicted octanol–water partition coefficient (Wildman–Crippen LogP) is 0.155. The van der Waals surface area contributed by atoms with Gasteiger partial charge >= 0.3 is 0 Å². The maximum Gasteiger partial charge on any atom is 0.207 e. The molecule has 13 heavy (non-hydrogen) atoms. The van der Waals surface area contributed by atoms with Gasteiger partial charge in [0.1, 0.15) is 11.9 Å². The van der Waals surface area contributed by atoms with Crippen LogP contribution in [0.1, 0.15) is 24.4 Å². The van der Waals surface area contributed by atoms with Gasteiger partial charge in [-0.15, -0.1) is 0 Å². The molecule has 0 bridgehead atoms. The molecule has 1 heterocycles. The summed E-state index contributed by atoms with van der Waals surface area (Å²) in [6, 6.07) is 1.68. The summed E-state index contributed by atoms with van der Waals surface area (Å²) in [5.41, 5.74) is 0.405. The molecule has 0 fully saturated rings. The molecule has 0 unspecified atom stereocenters. The average molecular weight is 176 g/mol. The van der Waals surface area contributed by atoms with Gasteiger partial charge in [0.15, 0.2) is 0 Å². The molecule has 0 spiro atoms. The first kappa shape index (κ1) is 9.13. The summed E-state index contributed by atoms with van der Waals surface area (Å²) in [4.78, 5) is 17.9. The standard InChI is InChI=1S/C8H8N4O/c1-6(12-5-13)8-10-3-7(2-9)4-11-8/h3-6H,1H3,(H,12,13)/t6-/m0/s1. The Hall–Kier alpha value is -1.96. The van der Waals surface area contributed by atoms with Crippen molar-refractivity contribution in [1.29, 1.82) is 5.26 Å². The first-order valence-corrected chi connectivity index (χ1v) is 3.69. The molecule has 1 rings (SSSR count). The molecular weight excluding hydrogens is 168 g/mol. The van der Waals surface area contributed by atoms with Crippen molar-refractivity contribution in [2.75, 3.05) is 0 Å². The number of nitrogens with zero attached hydrogens (tertiary/aromatic N) is 3. The molecule has 1 aromatic heterocycles. The zero-order valence-corrected chi connectivity index (χ0v) is 7.06. The van der Waals surface area contributed by atoms with Crippen LogP contribution in [0.3, 0.4) is 0 Å². The van der Waals surface area contributed by atoms with Gasteiger partial charge in [0.2, 0.25) is 6.41 Å². The number of amides is 1. The Morgan fingerprint density at radius 3 is 2.69 bits per heavy atom. The molecule has 1 N–H and O–H groups in total. The summed E-state index contributed by atoms with van der Waals surface area (Å²) in [5, 5.41) is 11.0. The summed E-state index contributed by atoms with van der Waals surface area (Å²) in [6.07, 6.45) is 3.43. The summed E-state index contributed by atoms with van der Waals surface area (Å²) >= 11 is 0. The second-order valence-electron chi connectivity index (χ2n) is 2.45. The van der Waals surface area contributed by atoms with Gasteiger partial charge < -0.3 is 5.32 Å². The highest BCUT2D eigenvalue weighted by Crippen LogP contribution is 2.04. The zero-order valence-electron chi connectivity index (χ0n) is 7.06. The van der Waals surface area contributed by atoms with Crippen molar-refractivity contribution in [2.24, 2.45) is 0 Å². The lowest BCUT2D eigenvalue weighted by atomic mass is 10.3. The third-order valence-electron chi connectivity index (χ3n) is 1.51. The summed E-state index contributed by atoms with van der Waals surface area (Å²) in [7, 11) is 0. The quantitative estimate of drug-likeness (QED) is 0.665. The maximum atomic E-state index is 10.1. The average Bonchev–Trinajstić information content (AvgIpc) is 2.18. The van der Waals surface area contributed by atoms with E-state index < -0.39 is 0 Å². The highest BCUT2D eigenvalue weighted by Gasteiger charge is 2.05. The van der Waals surface area contributed by atoms with Gasteiger partial charge in [0, 0.05) is 12.4 Å². The Balaban J connectivity index is 2.80. The Labute approximate surface area is 75.4 Å². The SMILES string of the molecule is C[C@H](NC=O)c1ncc(C#N)cn1. The molecule has 0 aliphatic carbocycles. The van der Waals surface area contributed by atoms with Crippen molar-refractivity contribution >= 4 is 6.41 Å². The number of carbonyl (C=O) groups is 1. The molecule has 1 amide bonds. The van der Waals surface area contributed by atoms with Crippen LogP contribution in [0.5, 0.6) is 0 Å². The highest BCUT2D eigenvalue weighted by molar-refractivity contribution is 5.46.